The Balaban J connectivity index is 1.83. The maximum absolute atomic E-state index is 14.8. The number of halogens is 3. The van der Waals surface area contributed by atoms with Gasteiger partial charge in [-0.2, -0.15) is 0 Å². The summed E-state index contributed by atoms with van der Waals surface area (Å²) in [5, 5.41) is 0. The van der Waals surface area contributed by atoms with Gasteiger partial charge in [-0.3, -0.25) is 0 Å². The van der Waals surface area contributed by atoms with Crippen molar-refractivity contribution in [2.75, 3.05) is 0 Å². The van der Waals surface area contributed by atoms with Crippen LogP contribution in [0.1, 0.15) is 79.2 Å². The summed E-state index contributed by atoms with van der Waals surface area (Å²) in [6.07, 6.45) is 8.68. The van der Waals surface area contributed by atoms with E-state index in [1.54, 1.807) is 19.9 Å². The molecule has 0 radical (unpaired) electrons. The Bertz CT molecular complexity index is 902. The van der Waals surface area contributed by atoms with Crippen LogP contribution in [0, 0.1) is 25.6 Å². The molecule has 1 aliphatic carbocycles. The van der Waals surface area contributed by atoms with E-state index in [0.29, 0.717) is 17.1 Å². The highest BCUT2D eigenvalue weighted by molar-refractivity contribution is 5.77. The molecule has 0 aromatic heterocycles. The average molecular weight is 413 g/mol. The summed E-state index contributed by atoms with van der Waals surface area (Å²) in [7, 11) is 0. The molecule has 1 aliphatic rings. The second-order valence-electron chi connectivity index (χ2n) is 8.48. The molecular weight excluding hydrogens is 381 g/mol. The molecule has 0 nitrogen and oxygen atoms in total. The summed E-state index contributed by atoms with van der Waals surface area (Å²) in [4.78, 5) is 0. The van der Waals surface area contributed by atoms with Gasteiger partial charge in [0.05, 0.1) is 0 Å². The van der Waals surface area contributed by atoms with Gasteiger partial charge in [-0.1, -0.05) is 79.5 Å². The Morgan fingerprint density at radius 3 is 2.33 bits per heavy atom. The maximum Gasteiger partial charge on any atom is 0.264 e. The summed E-state index contributed by atoms with van der Waals surface area (Å²) in [6, 6.07) is 11.4. The van der Waals surface area contributed by atoms with Gasteiger partial charge in [0.15, 0.2) is 0 Å². The van der Waals surface area contributed by atoms with Gasteiger partial charge in [0.25, 0.3) is 6.43 Å². The Kier molecular flexibility index (Phi) is 7.58. The van der Waals surface area contributed by atoms with Crippen LogP contribution in [0.2, 0.25) is 0 Å². The van der Waals surface area contributed by atoms with E-state index in [-0.39, 0.29) is 11.1 Å². The molecule has 2 aromatic carbocycles. The van der Waals surface area contributed by atoms with Crippen LogP contribution in [-0.4, -0.2) is 0 Å². The largest absolute Gasteiger partial charge is 0.264 e. The molecule has 0 amide bonds. The molecule has 2 aromatic rings. The van der Waals surface area contributed by atoms with Gasteiger partial charge in [-0.15, -0.1) is 0 Å². The highest BCUT2D eigenvalue weighted by atomic mass is 19.3. The monoisotopic (exact) mass is 412 g/mol. The highest BCUT2D eigenvalue weighted by Crippen LogP contribution is 2.38. The number of hydrogen-bond acceptors (Lipinski definition) is 0. The van der Waals surface area contributed by atoms with E-state index < -0.39 is 12.2 Å². The predicted octanol–water partition coefficient (Wildman–Crippen LogP) is 8.70. The first-order chi connectivity index (χ1) is 14.4. The van der Waals surface area contributed by atoms with Crippen LogP contribution in [0.5, 0.6) is 0 Å². The Hall–Kier alpha value is -2.29. The molecule has 1 saturated carbocycles. The number of allylic oxidation sites excluding steroid dienone is 4. The van der Waals surface area contributed by atoms with Gasteiger partial charge in [0.1, 0.15) is 5.82 Å². The van der Waals surface area contributed by atoms with Gasteiger partial charge in [0, 0.05) is 11.1 Å². The van der Waals surface area contributed by atoms with Crippen molar-refractivity contribution in [2.45, 2.75) is 65.2 Å². The van der Waals surface area contributed by atoms with Crippen LogP contribution >= 0.6 is 0 Å². The third-order valence-corrected chi connectivity index (χ3v) is 6.31. The van der Waals surface area contributed by atoms with Crippen molar-refractivity contribution in [3.05, 3.63) is 88.3 Å². The van der Waals surface area contributed by atoms with E-state index in [1.165, 1.54) is 42.5 Å². The summed E-state index contributed by atoms with van der Waals surface area (Å²) in [6.45, 7) is 5.46. The molecule has 0 aliphatic heterocycles. The standard InChI is InChI=1S/C27H31F3/c1-4-21(25-24(27(29)30)16-13-19(3)26(25)28)9-6-10-23(17-20-7-5-8-20)22-14-11-18(2)12-15-22/h4,6,9,11-16,20,23,27H,5,7-8,10,17H2,1-3H3/b9-6-,21-4+. The molecule has 0 spiro atoms. The van der Waals surface area contributed by atoms with Crippen molar-refractivity contribution in [3.63, 3.8) is 0 Å². The van der Waals surface area contributed by atoms with E-state index >= 15 is 0 Å². The molecule has 1 unspecified atom stereocenters. The quantitative estimate of drug-likeness (QED) is 0.380. The Morgan fingerprint density at radius 2 is 1.77 bits per heavy atom. The van der Waals surface area contributed by atoms with Crippen molar-refractivity contribution in [1.29, 1.82) is 0 Å². The number of rotatable bonds is 8. The second-order valence-corrected chi connectivity index (χ2v) is 8.48. The third-order valence-electron chi connectivity index (χ3n) is 6.31. The van der Waals surface area contributed by atoms with Crippen molar-refractivity contribution in [2.24, 2.45) is 5.92 Å². The predicted molar refractivity (Wildman–Crippen MR) is 119 cm³/mol. The molecule has 0 bridgehead atoms. The lowest BCUT2D eigenvalue weighted by molar-refractivity contribution is 0.150. The summed E-state index contributed by atoms with van der Waals surface area (Å²) >= 11 is 0. The van der Waals surface area contributed by atoms with Crippen LogP contribution < -0.4 is 0 Å². The number of benzene rings is 2. The summed E-state index contributed by atoms with van der Waals surface area (Å²) in [5.74, 6) is 0.600. The smallest absolute Gasteiger partial charge is 0.206 e. The van der Waals surface area contributed by atoms with E-state index in [1.807, 2.05) is 12.2 Å². The van der Waals surface area contributed by atoms with Gasteiger partial charge >= 0.3 is 0 Å². The minimum absolute atomic E-state index is 0.0228. The van der Waals surface area contributed by atoms with E-state index in [9.17, 15) is 13.2 Å². The molecule has 1 atom stereocenters. The lowest BCUT2D eigenvalue weighted by Gasteiger charge is -2.29. The lowest BCUT2D eigenvalue weighted by atomic mass is 9.76. The molecule has 30 heavy (non-hydrogen) atoms. The first-order valence-electron chi connectivity index (χ1n) is 10.9. The van der Waals surface area contributed by atoms with Gasteiger partial charge in [0.2, 0.25) is 0 Å². The third kappa shape index (κ3) is 5.24. The molecule has 3 rings (SSSR count). The van der Waals surface area contributed by atoms with Crippen molar-refractivity contribution in [3.8, 4) is 0 Å². The first-order valence-corrected chi connectivity index (χ1v) is 10.9. The first kappa shape index (κ1) is 22.4. The highest BCUT2D eigenvalue weighted by Gasteiger charge is 2.23. The zero-order valence-corrected chi connectivity index (χ0v) is 18.1. The van der Waals surface area contributed by atoms with Crippen molar-refractivity contribution < 1.29 is 13.2 Å². The molecule has 3 heteroatoms. The molecule has 0 N–H and O–H groups in total. The van der Waals surface area contributed by atoms with Crippen LogP contribution in [-0.2, 0) is 0 Å². The molecule has 0 heterocycles. The molecule has 160 valence electrons. The molecular formula is C27H31F3. The zero-order valence-electron chi connectivity index (χ0n) is 18.1. The number of hydrogen-bond donors (Lipinski definition) is 0. The number of aryl methyl sites for hydroxylation is 2. The average Bonchev–Trinajstić information content (AvgIpc) is 2.69. The number of alkyl halides is 2. The van der Waals surface area contributed by atoms with Crippen molar-refractivity contribution >= 4 is 5.57 Å². The minimum Gasteiger partial charge on any atom is -0.206 e. The topological polar surface area (TPSA) is 0 Å². The maximum atomic E-state index is 14.8. The fourth-order valence-electron chi connectivity index (χ4n) is 4.19. The normalized spacial score (nSPS) is 16.3. The fraction of sp³-hybridized carbons (Fsp3) is 0.407. The Morgan fingerprint density at radius 1 is 1.07 bits per heavy atom. The van der Waals surface area contributed by atoms with Crippen LogP contribution in [0.15, 0.2) is 54.6 Å². The van der Waals surface area contributed by atoms with Crippen LogP contribution in [0.4, 0.5) is 13.2 Å². The molecule has 0 saturated heterocycles. The SMILES string of the molecule is C/C=C(\C=C/CC(CC1CCC1)c1ccc(C)cc1)c1c(C(F)F)ccc(C)c1F. The fourth-order valence-corrected chi connectivity index (χ4v) is 4.19. The van der Waals surface area contributed by atoms with E-state index in [0.717, 1.165) is 18.8 Å². The van der Waals surface area contributed by atoms with Gasteiger partial charge in [-0.25, -0.2) is 13.2 Å². The second kappa shape index (κ2) is 10.1. The van der Waals surface area contributed by atoms with Gasteiger partial charge < -0.3 is 0 Å². The minimum atomic E-state index is -2.71. The van der Waals surface area contributed by atoms with E-state index in [2.05, 4.69) is 31.2 Å². The van der Waals surface area contributed by atoms with Gasteiger partial charge in [-0.05, 0) is 62.1 Å². The van der Waals surface area contributed by atoms with Crippen LogP contribution in [0.25, 0.3) is 5.57 Å². The lowest BCUT2D eigenvalue weighted by Crippen LogP contribution is -2.15. The Labute approximate surface area is 178 Å². The van der Waals surface area contributed by atoms with Crippen molar-refractivity contribution in [1.82, 2.24) is 0 Å². The van der Waals surface area contributed by atoms with Crippen LogP contribution in [0.3, 0.4) is 0 Å². The summed E-state index contributed by atoms with van der Waals surface area (Å²) < 4.78 is 41.8. The molecule has 1 fully saturated rings. The summed E-state index contributed by atoms with van der Waals surface area (Å²) in [5.41, 5.74) is 3.22. The zero-order chi connectivity index (χ0) is 21.7. The van der Waals surface area contributed by atoms with E-state index in [4.69, 9.17) is 0 Å².